The van der Waals surface area contributed by atoms with Crippen LogP contribution >= 0.6 is 0 Å². The van der Waals surface area contributed by atoms with E-state index in [4.69, 9.17) is 5.73 Å². The first-order valence-electron chi connectivity index (χ1n) is 7.09. The first kappa shape index (κ1) is 16.1. The molecule has 0 saturated carbocycles. The van der Waals surface area contributed by atoms with Crippen LogP contribution in [-0.4, -0.2) is 46.7 Å². The monoisotopic (exact) mass is 309 g/mol. The van der Waals surface area contributed by atoms with Crippen LogP contribution in [0.5, 0.6) is 0 Å². The Morgan fingerprint density at radius 2 is 2.14 bits per heavy atom. The van der Waals surface area contributed by atoms with Crippen molar-refractivity contribution in [3.63, 3.8) is 0 Å². The van der Waals surface area contributed by atoms with Crippen molar-refractivity contribution < 1.29 is 19.1 Å². The molecule has 2 unspecified atom stereocenters. The standard InChI is InChI=1S/C15H20FN3O3/c1-9-7-10(16)3-4-12(9)13-8-11(18(2)14(17)20)5-6-19(13)15(21)22/h3-4,7,11,13H,5-6,8H2,1-2H3,(H2,17,20)(H,21,22). The summed E-state index contributed by atoms with van der Waals surface area (Å²) in [5, 5.41) is 9.40. The summed E-state index contributed by atoms with van der Waals surface area (Å²) in [6, 6.07) is 3.22. The summed E-state index contributed by atoms with van der Waals surface area (Å²) in [5.41, 5.74) is 6.75. The number of aryl methyl sites for hydroxylation is 1. The fraction of sp³-hybridized carbons (Fsp3) is 0.467. The lowest BCUT2D eigenvalue weighted by molar-refractivity contribution is 0.0785. The summed E-state index contributed by atoms with van der Waals surface area (Å²) in [4.78, 5) is 25.6. The average molecular weight is 309 g/mol. The molecule has 1 heterocycles. The molecule has 1 aliphatic rings. The van der Waals surface area contributed by atoms with E-state index in [0.717, 1.165) is 5.56 Å². The van der Waals surface area contributed by atoms with Crippen LogP contribution in [0.25, 0.3) is 0 Å². The lowest BCUT2D eigenvalue weighted by atomic mass is 9.89. The lowest BCUT2D eigenvalue weighted by Crippen LogP contribution is -2.49. The number of primary amides is 1. The Morgan fingerprint density at radius 1 is 1.45 bits per heavy atom. The van der Waals surface area contributed by atoms with E-state index >= 15 is 0 Å². The van der Waals surface area contributed by atoms with E-state index in [2.05, 4.69) is 0 Å². The maximum atomic E-state index is 13.3. The molecule has 0 aliphatic carbocycles. The fourth-order valence-electron chi connectivity index (χ4n) is 3.02. The molecule has 22 heavy (non-hydrogen) atoms. The molecule has 0 bridgehead atoms. The van der Waals surface area contributed by atoms with Crippen molar-refractivity contribution >= 4 is 12.1 Å². The molecule has 1 saturated heterocycles. The first-order valence-corrected chi connectivity index (χ1v) is 7.09. The van der Waals surface area contributed by atoms with Gasteiger partial charge in [0.25, 0.3) is 0 Å². The molecule has 1 aromatic rings. The van der Waals surface area contributed by atoms with Gasteiger partial charge in [-0.15, -0.1) is 0 Å². The molecule has 7 heteroatoms. The minimum Gasteiger partial charge on any atom is -0.465 e. The van der Waals surface area contributed by atoms with Gasteiger partial charge in [0.05, 0.1) is 6.04 Å². The molecule has 1 fully saturated rings. The van der Waals surface area contributed by atoms with Crippen molar-refractivity contribution in [2.45, 2.75) is 31.8 Å². The molecule has 0 aromatic heterocycles. The molecule has 1 aliphatic heterocycles. The second-order valence-electron chi connectivity index (χ2n) is 5.62. The van der Waals surface area contributed by atoms with E-state index in [0.29, 0.717) is 24.9 Å². The molecule has 3 amide bonds. The summed E-state index contributed by atoms with van der Waals surface area (Å²) in [6.07, 6.45) is -0.0466. The van der Waals surface area contributed by atoms with Crippen molar-refractivity contribution in [2.75, 3.05) is 13.6 Å². The number of nitrogens with zero attached hydrogens (tertiary/aromatic N) is 2. The second-order valence-corrected chi connectivity index (χ2v) is 5.62. The van der Waals surface area contributed by atoms with E-state index < -0.39 is 18.2 Å². The number of nitrogens with two attached hydrogens (primary N) is 1. The van der Waals surface area contributed by atoms with Crippen LogP contribution in [-0.2, 0) is 0 Å². The molecule has 2 atom stereocenters. The molecule has 6 nitrogen and oxygen atoms in total. The summed E-state index contributed by atoms with van der Waals surface area (Å²) in [7, 11) is 1.61. The zero-order chi connectivity index (χ0) is 16.4. The molecular weight excluding hydrogens is 289 g/mol. The zero-order valence-electron chi connectivity index (χ0n) is 12.6. The summed E-state index contributed by atoms with van der Waals surface area (Å²) >= 11 is 0. The van der Waals surface area contributed by atoms with Crippen LogP contribution in [0.3, 0.4) is 0 Å². The molecule has 3 N–H and O–H groups in total. The number of benzene rings is 1. The number of carboxylic acid groups (broad SMARTS) is 1. The third kappa shape index (κ3) is 3.13. The number of hydrogen-bond acceptors (Lipinski definition) is 2. The molecule has 1 aromatic carbocycles. The van der Waals surface area contributed by atoms with Gasteiger partial charge in [-0.2, -0.15) is 0 Å². The predicted molar refractivity (Wildman–Crippen MR) is 79.0 cm³/mol. The maximum absolute atomic E-state index is 13.3. The number of piperidine rings is 1. The zero-order valence-corrected chi connectivity index (χ0v) is 12.6. The summed E-state index contributed by atoms with van der Waals surface area (Å²) in [6.45, 7) is 2.05. The van der Waals surface area contributed by atoms with Gasteiger partial charge < -0.3 is 20.6 Å². The number of carbonyl (C=O) groups excluding carboxylic acids is 1. The topological polar surface area (TPSA) is 86.9 Å². The predicted octanol–water partition coefficient (Wildman–Crippen LogP) is 2.33. The van der Waals surface area contributed by atoms with Crippen LogP contribution in [0, 0.1) is 12.7 Å². The first-order chi connectivity index (χ1) is 10.3. The summed E-state index contributed by atoms with van der Waals surface area (Å²) in [5.74, 6) is -0.357. The van der Waals surface area contributed by atoms with Gasteiger partial charge in [-0.25, -0.2) is 14.0 Å². The van der Waals surface area contributed by atoms with E-state index in [1.807, 2.05) is 0 Å². The smallest absolute Gasteiger partial charge is 0.407 e. The Morgan fingerprint density at radius 3 is 2.68 bits per heavy atom. The highest BCUT2D eigenvalue weighted by atomic mass is 19.1. The normalized spacial score (nSPS) is 21.5. The fourth-order valence-corrected chi connectivity index (χ4v) is 3.02. The maximum Gasteiger partial charge on any atom is 0.407 e. The van der Waals surface area contributed by atoms with Gasteiger partial charge in [-0.1, -0.05) is 6.07 Å². The van der Waals surface area contributed by atoms with Crippen LogP contribution < -0.4 is 5.73 Å². The molecule has 2 rings (SSSR count). The number of urea groups is 1. The number of rotatable bonds is 2. The largest absolute Gasteiger partial charge is 0.465 e. The number of likely N-dealkylation sites (tertiary alicyclic amines) is 1. The number of halogens is 1. The van der Waals surface area contributed by atoms with Gasteiger partial charge in [0, 0.05) is 19.6 Å². The Kier molecular flexibility index (Phi) is 4.54. The van der Waals surface area contributed by atoms with E-state index in [1.165, 1.54) is 21.9 Å². The van der Waals surface area contributed by atoms with Crippen molar-refractivity contribution in [3.8, 4) is 0 Å². The SMILES string of the molecule is Cc1cc(F)ccc1C1CC(N(C)C(N)=O)CCN1C(=O)O. The van der Waals surface area contributed by atoms with Crippen molar-refractivity contribution in [1.29, 1.82) is 0 Å². The third-order valence-electron chi connectivity index (χ3n) is 4.31. The quantitative estimate of drug-likeness (QED) is 0.879. The van der Waals surface area contributed by atoms with Gasteiger partial charge >= 0.3 is 12.1 Å². The van der Waals surface area contributed by atoms with Crippen molar-refractivity contribution in [3.05, 3.63) is 35.1 Å². The van der Waals surface area contributed by atoms with Crippen LogP contribution in [0.1, 0.15) is 30.0 Å². The van der Waals surface area contributed by atoms with Crippen LogP contribution in [0.4, 0.5) is 14.0 Å². The minimum absolute atomic E-state index is 0.137. The van der Waals surface area contributed by atoms with Crippen LogP contribution in [0.15, 0.2) is 18.2 Å². The third-order valence-corrected chi connectivity index (χ3v) is 4.31. The average Bonchev–Trinajstić information content (AvgIpc) is 2.45. The number of hydrogen-bond donors (Lipinski definition) is 2. The van der Waals surface area contributed by atoms with E-state index in [1.54, 1.807) is 20.0 Å². The Balaban J connectivity index is 2.33. The van der Waals surface area contributed by atoms with Gasteiger partial charge in [-0.3, -0.25) is 0 Å². The summed E-state index contributed by atoms with van der Waals surface area (Å²) < 4.78 is 13.3. The van der Waals surface area contributed by atoms with Gasteiger partial charge in [0.15, 0.2) is 0 Å². The van der Waals surface area contributed by atoms with Crippen molar-refractivity contribution in [2.24, 2.45) is 5.73 Å². The van der Waals surface area contributed by atoms with Gasteiger partial charge in [0.2, 0.25) is 0 Å². The Bertz CT molecular complexity index is 593. The number of amides is 3. The van der Waals surface area contributed by atoms with E-state index in [-0.39, 0.29) is 11.9 Å². The Labute approximate surface area is 128 Å². The molecular formula is C15H20FN3O3. The second kappa shape index (κ2) is 6.21. The van der Waals surface area contributed by atoms with Crippen LogP contribution in [0.2, 0.25) is 0 Å². The molecule has 120 valence electrons. The lowest BCUT2D eigenvalue weighted by Gasteiger charge is -2.41. The highest BCUT2D eigenvalue weighted by Crippen LogP contribution is 2.34. The van der Waals surface area contributed by atoms with Gasteiger partial charge in [-0.05, 0) is 43.0 Å². The molecule has 0 radical (unpaired) electrons. The Hall–Kier alpha value is -2.31. The highest BCUT2D eigenvalue weighted by Gasteiger charge is 2.35. The minimum atomic E-state index is -1.02. The number of carbonyl (C=O) groups is 2. The van der Waals surface area contributed by atoms with Crippen molar-refractivity contribution in [1.82, 2.24) is 9.80 Å². The molecule has 0 spiro atoms. The van der Waals surface area contributed by atoms with Gasteiger partial charge in [0.1, 0.15) is 5.82 Å². The van der Waals surface area contributed by atoms with E-state index in [9.17, 15) is 19.1 Å². The highest BCUT2D eigenvalue weighted by molar-refractivity contribution is 5.72.